The number of hydrogen-bond donors (Lipinski definition) is 1. The van der Waals surface area contributed by atoms with Gasteiger partial charge in [-0.25, -0.2) is 10.2 Å². The molecule has 1 amide bonds. The molecule has 4 nitrogen and oxygen atoms in total. The molecule has 0 aromatic carbocycles. The number of aryl methyl sites for hydroxylation is 1. The number of nitrogens with one attached hydrogen (secondary N) is 1. The van der Waals surface area contributed by atoms with E-state index in [2.05, 4.69) is 23.5 Å². The van der Waals surface area contributed by atoms with Gasteiger partial charge in [0.1, 0.15) is 0 Å². The van der Waals surface area contributed by atoms with Gasteiger partial charge in [0.25, 0.3) is 0 Å². The van der Waals surface area contributed by atoms with Crippen molar-refractivity contribution in [2.75, 3.05) is 6.61 Å². The SMILES string of the molecule is CCOC(=O)N/N=C(/C)c1ccc(CC)s1. The molecule has 1 rings (SSSR count). The lowest BCUT2D eigenvalue weighted by Gasteiger charge is -2.00. The summed E-state index contributed by atoms with van der Waals surface area (Å²) in [6.07, 6.45) is 0.498. The highest BCUT2D eigenvalue weighted by Gasteiger charge is 2.03. The molecule has 1 aromatic heterocycles. The smallest absolute Gasteiger partial charge is 0.427 e. The summed E-state index contributed by atoms with van der Waals surface area (Å²) in [5.74, 6) is 0. The van der Waals surface area contributed by atoms with E-state index in [1.165, 1.54) is 4.88 Å². The second-order valence-electron chi connectivity index (χ2n) is 3.15. The Kier molecular flexibility index (Phi) is 4.98. The van der Waals surface area contributed by atoms with Crippen LogP contribution in [0.2, 0.25) is 0 Å². The number of hydrazone groups is 1. The summed E-state index contributed by atoms with van der Waals surface area (Å²) < 4.78 is 4.70. The maximum absolute atomic E-state index is 11.0. The minimum Gasteiger partial charge on any atom is -0.449 e. The van der Waals surface area contributed by atoms with E-state index >= 15 is 0 Å². The van der Waals surface area contributed by atoms with Crippen molar-refractivity contribution in [3.63, 3.8) is 0 Å². The topological polar surface area (TPSA) is 50.7 Å². The van der Waals surface area contributed by atoms with Crippen LogP contribution in [0.15, 0.2) is 17.2 Å². The van der Waals surface area contributed by atoms with Crippen molar-refractivity contribution in [2.45, 2.75) is 27.2 Å². The van der Waals surface area contributed by atoms with Gasteiger partial charge in [-0.2, -0.15) is 5.10 Å². The van der Waals surface area contributed by atoms with Crippen molar-refractivity contribution in [1.82, 2.24) is 5.43 Å². The van der Waals surface area contributed by atoms with Crippen molar-refractivity contribution in [3.8, 4) is 0 Å². The van der Waals surface area contributed by atoms with Crippen molar-refractivity contribution < 1.29 is 9.53 Å². The van der Waals surface area contributed by atoms with Gasteiger partial charge in [-0.05, 0) is 32.4 Å². The molecule has 1 aromatic rings. The summed E-state index contributed by atoms with van der Waals surface area (Å²) in [6, 6.07) is 4.08. The maximum atomic E-state index is 11.0. The van der Waals surface area contributed by atoms with E-state index in [1.54, 1.807) is 18.3 Å². The molecule has 0 aliphatic carbocycles. The van der Waals surface area contributed by atoms with Crippen LogP contribution in [0.5, 0.6) is 0 Å². The molecule has 0 spiro atoms. The zero-order valence-corrected chi connectivity index (χ0v) is 10.6. The quantitative estimate of drug-likeness (QED) is 0.650. The molecule has 5 heteroatoms. The van der Waals surface area contributed by atoms with Crippen LogP contribution in [0, 0.1) is 0 Å². The summed E-state index contributed by atoms with van der Waals surface area (Å²) in [4.78, 5) is 13.4. The molecular formula is C11H16N2O2S. The minimum absolute atomic E-state index is 0.347. The third-order valence-electron chi connectivity index (χ3n) is 1.96. The highest BCUT2D eigenvalue weighted by atomic mass is 32.1. The predicted molar refractivity (Wildman–Crippen MR) is 66.1 cm³/mol. The molecule has 0 radical (unpaired) electrons. The number of rotatable bonds is 4. The fourth-order valence-corrected chi connectivity index (χ4v) is 2.00. The van der Waals surface area contributed by atoms with Crippen LogP contribution in [0.25, 0.3) is 0 Å². The summed E-state index contributed by atoms with van der Waals surface area (Å²) in [6.45, 7) is 6.07. The molecule has 0 atom stereocenters. The first kappa shape index (κ1) is 12.7. The number of amides is 1. The number of ether oxygens (including phenoxy) is 1. The van der Waals surface area contributed by atoms with Crippen LogP contribution in [0.1, 0.15) is 30.5 Å². The fourth-order valence-electron chi connectivity index (χ4n) is 1.11. The zero-order valence-electron chi connectivity index (χ0n) is 9.74. The van der Waals surface area contributed by atoms with E-state index in [0.29, 0.717) is 6.61 Å². The number of carbonyl (C=O) groups excluding carboxylic acids is 1. The van der Waals surface area contributed by atoms with Crippen LogP contribution in [-0.2, 0) is 11.2 Å². The Morgan fingerprint density at radius 2 is 2.25 bits per heavy atom. The van der Waals surface area contributed by atoms with Crippen LogP contribution < -0.4 is 5.43 Å². The first-order valence-electron chi connectivity index (χ1n) is 5.23. The first-order chi connectivity index (χ1) is 7.67. The highest BCUT2D eigenvalue weighted by Crippen LogP contribution is 2.17. The van der Waals surface area contributed by atoms with E-state index < -0.39 is 6.09 Å². The Hall–Kier alpha value is -1.36. The molecule has 88 valence electrons. The third-order valence-corrected chi connectivity index (χ3v) is 3.30. The Morgan fingerprint density at radius 3 is 2.81 bits per heavy atom. The molecule has 0 unspecified atom stereocenters. The summed E-state index contributed by atoms with van der Waals surface area (Å²) in [5.41, 5.74) is 3.13. The first-order valence-corrected chi connectivity index (χ1v) is 6.05. The fraction of sp³-hybridized carbons (Fsp3) is 0.455. The molecule has 16 heavy (non-hydrogen) atoms. The Bertz CT molecular complexity index is 385. The molecule has 0 saturated heterocycles. The molecule has 0 bridgehead atoms. The van der Waals surface area contributed by atoms with Crippen LogP contribution in [0.3, 0.4) is 0 Å². The van der Waals surface area contributed by atoms with Gasteiger partial charge in [-0.1, -0.05) is 6.92 Å². The predicted octanol–water partition coefficient (Wildman–Crippen LogP) is 2.78. The number of nitrogens with zero attached hydrogens (tertiary/aromatic N) is 1. The van der Waals surface area contributed by atoms with Crippen molar-refractivity contribution in [1.29, 1.82) is 0 Å². The van der Waals surface area contributed by atoms with Gasteiger partial charge < -0.3 is 4.74 Å². The lowest BCUT2D eigenvalue weighted by Crippen LogP contribution is -2.20. The van der Waals surface area contributed by atoms with Crippen LogP contribution >= 0.6 is 11.3 Å². The Morgan fingerprint density at radius 1 is 1.50 bits per heavy atom. The van der Waals surface area contributed by atoms with Gasteiger partial charge in [0.15, 0.2) is 0 Å². The summed E-state index contributed by atoms with van der Waals surface area (Å²) in [5, 5.41) is 3.96. The van der Waals surface area contributed by atoms with Crippen LogP contribution in [0.4, 0.5) is 4.79 Å². The lowest BCUT2D eigenvalue weighted by molar-refractivity contribution is 0.152. The van der Waals surface area contributed by atoms with Crippen molar-refractivity contribution in [2.24, 2.45) is 5.10 Å². The number of thiophene rings is 1. The molecule has 0 aliphatic heterocycles. The second-order valence-corrected chi connectivity index (χ2v) is 4.32. The molecule has 1 N–H and O–H groups in total. The van der Waals surface area contributed by atoms with Gasteiger partial charge in [0.2, 0.25) is 0 Å². The van der Waals surface area contributed by atoms with Gasteiger partial charge in [-0.15, -0.1) is 11.3 Å². The largest absolute Gasteiger partial charge is 0.449 e. The van der Waals surface area contributed by atoms with Gasteiger partial charge in [-0.3, -0.25) is 0 Å². The van der Waals surface area contributed by atoms with E-state index in [9.17, 15) is 4.79 Å². The van der Waals surface area contributed by atoms with Gasteiger partial charge in [0, 0.05) is 4.88 Å². The van der Waals surface area contributed by atoms with Crippen molar-refractivity contribution >= 4 is 23.1 Å². The van der Waals surface area contributed by atoms with Crippen molar-refractivity contribution in [3.05, 3.63) is 21.9 Å². The Labute approximate surface area is 99.3 Å². The van der Waals surface area contributed by atoms with E-state index in [0.717, 1.165) is 17.0 Å². The average molecular weight is 240 g/mol. The van der Waals surface area contributed by atoms with Gasteiger partial charge in [0.05, 0.1) is 17.2 Å². The average Bonchev–Trinajstić information content (AvgIpc) is 2.75. The zero-order chi connectivity index (χ0) is 12.0. The minimum atomic E-state index is -0.519. The van der Waals surface area contributed by atoms with E-state index in [4.69, 9.17) is 4.74 Å². The third kappa shape index (κ3) is 3.66. The van der Waals surface area contributed by atoms with Crippen LogP contribution in [-0.4, -0.2) is 18.4 Å². The maximum Gasteiger partial charge on any atom is 0.427 e. The van der Waals surface area contributed by atoms with E-state index in [-0.39, 0.29) is 0 Å². The molecule has 0 saturated carbocycles. The summed E-state index contributed by atoms with van der Waals surface area (Å²) in [7, 11) is 0. The molecular weight excluding hydrogens is 224 g/mol. The number of carbonyl (C=O) groups is 1. The van der Waals surface area contributed by atoms with Gasteiger partial charge >= 0.3 is 6.09 Å². The highest BCUT2D eigenvalue weighted by molar-refractivity contribution is 7.14. The normalized spacial score (nSPS) is 11.3. The molecule has 0 aliphatic rings. The second kappa shape index (κ2) is 6.27. The van der Waals surface area contributed by atoms with E-state index in [1.807, 2.05) is 13.0 Å². The number of hydrogen-bond acceptors (Lipinski definition) is 4. The Balaban J connectivity index is 2.59. The standard InChI is InChI=1S/C11H16N2O2S/c1-4-9-6-7-10(16-9)8(3)12-13-11(14)15-5-2/h6-7H,4-5H2,1-3H3,(H,13,14)/b12-8-. The summed E-state index contributed by atoms with van der Waals surface area (Å²) >= 11 is 1.68. The monoisotopic (exact) mass is 240 g/mol. The lowest BCUT2D eigenvalue weighted by atomic mass is 10.3. The molecule has 1 heterocycles. The molecule has 0 fully saturated rings.